The molecule has 8 nitrogen and oxygen atoms in total. The summed E-state index contributed by atoms with van der Waals surface area (Å²) < 4.78 is 2.64. The number of hydrogen-bond acceptors (Lipinski definition) is 4. The number of amides is 2. The van der Waals surface area contributed by atoms with E-state index >= 15 is 0 Å². The minimum absolute atomic E-state index is 0.0349. The van der Waals surface area contributed by atoms with E-state index in [1.165, 1.54) is 22.0 Å². The first-order valence-corrected chi connectivity index (χ1v) is 12.8. The largest absolute Gasteiger partial charge is 0.353 e. The Morgan fingerprint density at radius 2 is 1.68 bits per heavy atom. The Morgan fingerprint density at radius 3 is 2.35 bits per heavy atom. The topological polar surface area (TPSA) is 93.4 Å². The maximum absolute atomic E-state index is 13.3. The van der Waals surface area contributed by atoms with Crippen LogP contribution in [-0.2, 0) is 22.7 Å². The van der Waals surface area contributed by atoms with Crippen LogP contribution in [0.4, 0.5) is 0 Å². The van der Waals surface area contributed by atoms with Crippen molar-refractivity contribution in [1.29, 1.82) is 0 Å². The zero-order valence-electron chi connectivity index (χ0n) is 20.6. The molecule has 2 aromatic rings. The average molecular weight is 471 g/mol. The van der Waals surface area contributed by atoms with Crippen LogP contribution in [0.2, 0.25) is 0 Å². The predicted octanol–water partition coefficient (Wildman–Crippen LogP) is 3.04. The molecule has 1 aliphatic carbocycles. The highest BCUT2D eigenvalue weighted by Gasteiger charge is 2.19. The summed E-state index contributed by atoms with van der Waals surface area (Å²) in [6.45, 7) is 5.45. The first-order valence-electron chi connectivity index (χ1n) is 12.8. The maximum Gasteiger partial charge on any atom is 0.331 e. The number of benzene rings is 1. The molecule has 0 bridgehead atoms. The molecule has 1 saturated carbocycles. The van der Waals surface area contributed by atoms with Crippen LogP contribution in [0.5, 0.6) is 0 Å². The van der Waals surface area contributed by atoms with Crippen LogP contribution >= 0.6 is 0 Å². The second kappa shape index (κ2) is 12.5. The highest BCUT2D eigenvalue weighted by molar-refractivity contribution is 5.81. The van der Waals surface area contributed by atoms with Gasteiger partial charge in [0.15, 0.2) is 0 Å². The molecule has 1 aliphatic rings. The molecule has 186 valence electrons. The Kier molecular flexibility index (Phi) is 9.48. The number of unbranched alkanes of at least 4 members (excludes halogenated alkanes) is 1. The van der Waals surface area contributed by atoms with Gasteiger partial charge in [-0.1, -0.05) is 38.8 Å². The zero-order chi connectivity index (χ0) is 24.5. The van der Waals surface area contributed by atoms with Crippen LogP contribution in [-0.4, -0.2) is 45.0 Å². The van der Waals surface area contributed by atoms with Gasteiger partial charge in [-0.25, -0.2) is 4.79 Å². The summed E-state index contributed by atoms with van der Waals surface area (Å²) in [5, 5.41) is 3.49. The normalized spacial score (nSPS) is 13.9. The van der Waals surface area contributed by atoms with Crippen molar-refractivity contribution in [1.82, 2.24) is 19.4 Å². The number of carbonyl (C=O) groups excluding carboxylic acids is 2. The van der Waals surface area contributed by atoms with Gasteiger partial charge >= 0.3 is 5.69 Å². The van der Waals surface area contributed by atoms with Crippen LogP contribution in [0.25, 0.3) is 10.9 Å². The highest BCUT2D eigenvalue weighted by atomic mass is 16.2. The fourth-order valence-corrected chi connectivity index (χ4v) is 4.78. The van der Waals surface area contributed by atoms with E-state index in [0.29, 0.717) is 49.3 Å². The van der Waals surface area contributed by atoms with Gasteiger partial charge in [0.1, 0.15) is 6.54 Å². The molecule has 1 heterocycles. The van der Waals surface area contributed by atoms with Crippen molar-refractivity contribution in [2.24, 2.45) is 0 Å². The molecule has 0 unspecified atom stereocenters. The minimum atomic E-state index is -0.472. The molecule has 0 atom stereocenters. The molecular weight excluding hydrogens is 432 g/mol. The molecular formula is C26H38N4O4. The highest BCUT2D eigenvalue weighted by Crippen LogP contribution is 2.17. The molecule has 1 aromatic heterocycles. The number of rotatable bonds is 12. The van der Waals surface area contributed by atoms with Gasteiger partial charge in [0.2, 0.25) is 11.8 Å². The molecule has 34 heavy (non-hydrogen) atoms. The second-order valence-electron chi connectivity index (χ2n) is 9.23. The van der Waals surface area contributed by atoms with Crippen molar-refractivity contribution in [3.63, 3.8) is 0 Å². The van der Waals surface area contributed by atoms with Crippen molar-refractivity contribution in [3.05, 3.63) is 45.1 Å². The molecule has 0 radical (unpaired) electrons. The number of fused-ring (bicyclic) bond motifs is 1. The zero-order valence-corrected chi connectivity index (χ0v) is 20.6. The molecule has 0 spiro atoms. The van der Waals surface area contributed by atoms with Crippen molar-refractivity contribution < 1.29 is 9.59 Å². The van der Waals surface area contributed by atoms with E-state index in [9.17, 15) is 19.2 Å². The summed E-state index contributed by atoms with van der Waals surface area (Å²) in [5.41, 5.74) is -0.343. The standard InChI is InChI=1S/C26H38N4O4/c1-3-16-28(17-4-2)24(32)19-30-22-14-8-7-13-21(22)25(33)29(26(30)34)18-10-9-15-23(31)27-20-11-5-6-12-20/h7-8,13-14,20H,3-6,9-12,15-19H2,1-2H3,(H,27,31). The number of carbonyl (C=O) groups is 2. The first-order chi connectivity index (χ1) is 16.5. The van der Waals surface area contributed by atoms with E-state index in [0.717, 1.165) is 25.7 Å². The van der Waals surface area contributed by atoms with Crippen molar-refractivity contribution in [3.8, 4) is 0 Å². The quantitative estimate of drug-likeness (QED) is 0.483. The van der Waals surface area contributed by atoms with E-state index < -0.39 is 5.69 Å². The third kappa shape index (κ3) is 6.36. The third-order valence-corrected chi connectivity index (χ3v) is 6.52. The predicted molar refractivity (Wildman–Crippen MR) is 134 cm³/mol. The van der Waals surface area contributed by atoms with E-state index in [2.05, 4.69) is 5.32 Å². The molecule has 0 saturated heterocycles. The van der Waals surface area contributed by atoms with Gasteiger partial charge in [0.25, 0.3) is 5.56 Å². The number of hydrogen-bond donors (Lipinski definition) is 1. The lowest BCUT2D eigenvalue weighted by molar-refractivity contribution is -0.132. The summed E-state index contributed by atoms with van der Waals surface area (Å²) in [6, 6.07) is 7.23. The number of nitrogens with zero attached hydrogens (tertiary/aromatic N) is 3. The SMILES string of the molecule is CCCN(CCC)C(=O)Cn1c(=O)n(CCCCC(=O)NC2CCCC2)c(=O)c2ccccc21. The van der Waals surface area contributed by atoms with Crippen LogP contribution < -0.4 is 16.6 Å². The Balaban J connectivity index is 1.75. The number of aromatic nitrogens is 2. The molecule has 3 rings (SSSR count). The maximum atomic E-state index is 13.3. The third-order valence-electron chi connectivity index (χ3n) is 6.52. The van der Waals surface area contributed by atoms with E-state index in [1.807, 2.05) is 13.8 Å². The minimum Gasteiger partial charge on any atom is -0.353 e. The van der Waals surface area contributed by atoms with Crippen molar-refractivity contribution in [2.45, 2.75) is 90.8 Å². The lowest BCUT2D eigenvalue weighted by Crippen LogP contribution is -2.44. The van der Waals surface area contributed by atoms with E-state index in [-0.39, 0.29) is 30.5 Å². The molecule has 0 aliphatic heterocycles. The van der Waals surface area contributed by atoms with Gasteiger partial charge in [-0.2, -0.15) is 0 Å². The molecule has 1 fully saturated rings. The summed E-state index contributed by atoms with van der Waals surface area (Å²) in [4.78, 5) is 53.3. The molecule has 2 amide bonds. The molecule has 1 aromatic carbocycles. The number of para-hydroxylation sites is 1. The average Bonchev–Trinajstić information content (AvgIpc) is 3.34. The Bertz CT molecular complexity index is 1090. The monoisotopic (exact) mass is 470 g/mol. The molecule has 8 heteroatoms. The summed E-state index contributed by atoms with van der Waals surface area (Å²) in [5.74, 6) is -0.0857. The van der Waals surface area contributed by atoms with Crippen LogP contribution in [0, 0.1) is 0 Å². The van der Waals surface area contributed by atoms with Gasteiger partial charge < -0.3 is 10.2 Å². The van der Waals surface area contributed by atoms with E-state index in [1.54, 1.807) is 29.2 Å². The lowest BCUT2D eigenvalue weighted by Gasteiger charge is -2.22. The van der Waals surface area contributed by atoms with Crippen molar-refractivity contribution >= 4 is 22.7 Å². The van der Waals surface area contributed by atoms with Gasteiger partial charge in [-0.05, 0) is 50.7 Å². The van der Waals surface area contributed by atoms with Gasteiger partial charge in [-0.3, -0.25) is 23.5 Å². The summed E-state index contributed by atoms with van der Waals surface area (Å²) in [6.07, 6.45) is 7.63. The van der Waals surface area contributed by atoms with Crippen LogP contribution in [0.15, 0.2) is 33.9 Å². The van der Waals surface area contributed by atoms with Gasteiger partial charge in [-0.15, -0.1) is 0 Å². The van der Waals surface area contributed by atoms with Crippen molar-refractivity contribution in [2.75, 3.05) is 13.1 Å². The number of nitrogens with one attached hydrogen (secondary N) is 1. The van der Waals surface area contributed by atoms with Gasteiger partial charge in [0.05, 0.1) is 10.9 Å². The smallest absolute Gasteiger partial charge is 0.331 e. The fraction of sp³-hybridized carbons (Fsp3) is 0.615. The summed E-state index contributed by atoms with van der Waals surface area (Å²) in [7, 11) is 0. The Morgan fingerprint density at radius 1 is 1.00 bits per heavy atom. The second-order valence-corrected chi connectivity index (χ2v) is 9.23. The Hall–Kier alpha value is -2.90. The molecule has 1 N–H and O–H groups in total. The first kappa shape index (κ1) is 25.7. The van der Waals surface area contributed by atoms with E-state index in [4.69, 9.17) is 0 Å². The fourth-order valence-electron chi connectivity index (χ4n) is 4.78. The summed E-state index contributed by atoms with van der Waals surface area (Å²) >= 11 is 0. The van der Waals surface area contributed by atoms with Crippen LogP contribution in [0.3, 0.4) is 0 Å². The Labute approximate surface area is 200 Å². The lowest BCUT2D eigenvalue weighted by atomic mass is 10.2. The van der Waals surface area contributed by atoms with Gasteiger partial charge in [0, 0.05) is 32.1 Å². The van der Waals surface area contributed by atoms with Crippen LogP contribution in [0.1, 0.15) is 71.6 Å².